The molecule has 0 saturated heterocycles. The van der Waals surface area contributed by atoms with E-state index in [1.807, 2.05) is 36.9 Å². The van der Waals surface area contributed by atoms with Gasteiger partial charge in [-0.25, -0.2) is 19.0 Å². The number of aryl methyl sites for hydroxylation is 2. The molecular weight excluding hydrogens is 405 g/mol. The average Bonchev–Trinajstić information content (AvgIpc) is 3.31. The molecule has 7 nitrogen and oxygen atoms in total. The smallest absolute Gasteiger partial charge is 0.157 e. The molecule has 0 saturated carbocycles. The molecule has 4 aromatic heterocycles. The summed E-state index contributed by atoms with van der Waals surface area (Å²) in [6.07, 6.45) is 4.73. The fourth-order valence-corrected chi connectivity index (χ4v) is 4.08. The van der Waals surface area contributed by atoms with Gasteiger partial charge in [0, 0.05) is 42.6 Å². The van der Waals surface area contributed by atoms with E-state index >= 15 is 0 Å². The third-order valence-corrected chi connectivity index (χ3v) is 5.63. The Bertz CT molecular complexity index is 1420. The first-order chi connectivity index (χ1) is 15.5. The first kappa shape index (κ1) is 20.0. The molecule has 0 unspecified atom stereocenters. The monoisotopic (exact) mass is 427 g/mol. The van der Waals surface area contributed by atoms with E-state index in [-0.39, 0.29) is 5.82 Å². The van der Waals surface area contributed by atoms with Crippen molar-refractivity contribution in [3.8, 4) is 17.1 Å². The van der Waals surface area contributed by atoms with Crippen LogP contribution < -0.4 is 0 Å². The maximum Gasteiger partial charge on any atom is 0.157 e. The van der Waals surface area contributed by atoms with Crippen LogP contribution in [0.2, 0.25) is 0 Å². The highest BCUT2D eigenvalue weighted by Crippen LogP contribution is 2.27. The van der Waals surface area contributed by atoms with E-state index in [0.717, 1.165) is 51.4 Å². The molecule has 0 radical (unpaired) electrons. The minimum atomic E-state index is -0.256. The maximum atomic E-state index is 13.4. The number of nitrogens with zero attached hydrogens (tertiary/aromatic N) is 7. The molecule has 0 aliphatic heterocycles. The van der Waals surface area contributed by atoms with Gasteiger partial charge in [0.1, 0.15) is 17.7 Å². The topological polar surface area (TPSA) is 74.3 Å². The van der Waals surface area contributed by atoms with Gasteiger partial charge in [0.2, 0.25) is 0 Å². The fraction of sp³-hybridized carbons (Fsp3) is 0.208. The van der Waals surface area contributed by atoms with Crippen molar-refractivity contribution < 1.29 is 4.39 Å². The molecule has 0 aliphatic carbocycles. The summed E-state index contributed by atoms with van der Waals surface area (Å²) >= 11 is 0. The van der Waals surface area contributed by atoms with E-state index in [2.05, 4.69) is 27.0 Å². The van der Waals surface area contributed by atoms with Crippen molar-refractivity contribution in [3.05, 3.63) is 83.5 Å². The lowest BCUT2D eigenvalue weighted by Gasteiger charge is -2.08. The molecule has 160 valence electrons. The second-order valence-electron chi connectivity index (χ2n) is 7.67. The Kier molecular flexibility index (Phi) is 4.97. The maximum absolute atomic E-state index is 13.4. The van der Waals surface area contributed by atoms with Crippen LogP contribution in [0.3, 0.4) is 0 Å². The minimum absolute atomic E-state index is 0.256. The van der Waals surface area contributed by atoms with Crippen molar-refractivity contribution >= 4 is 11.0 Å². The van der Waals surface area contributed by atoms with Crippen molar-refractivity contribution in [2.45, 2.75) is 26.7 Å². The lowest BCUT2D eigenvalue weighted by Crippen LogP contribution is -2.06. The quantitative estimate of drug-likeness (QED) is 0.420. The second-order valence-corrected chi connectivity index (χ2v) is 7.67. The number of benzene rings is 1. The van der Waals surface area contributed by atoms with Crippen LogP contribution in [-0.2, 0) is 19.9 Å². The predicted octanol–water partition coefficient (Wildman–Crippen LogP) is 4.21. The first-order valence-corrected chi connectivity index (χ1v) is 10.5. The van der Waals surface area contributed by atoms with Gasteiger partial charge in [-0.3, -0.25) is 9.67 Å². The molecule has 5 rings (SSSR count). The Labute approximate surface area is 184 Å². The largest absolute Gasteiger partial charge is 0.271 e. The minimum Gasteiger partial charge on any atom is -0.271 e. The van der Waals surface area contributed by atoms with Crippen LogP contribution in [-0.4, -0.2) is 34.5 Å². The van der Waals surface area contributed by atoms with Crippen LogP contribution in [0.4, 0.5) is 4.39 Å². The van der Waals surface area contributed by atoms with E-state index in [1.54, 1.807) is 29.3 Å². The van der Waals surface area contributed by atoms with E-state index in [1.165, 1.54) is 12.1 Å². The van der Waals surface area contributed by atoms with Gasteiger partial charge in [0.05, 0.1) is 22.6 Å². The third kappa shape index (κ3) is 3.43. The van der Waals surface area contributed by atoms with Crippen molar-refractivity contribution in [2.75, 3.05) is 0 Å². The predicted molar refractivity (Wildman–Crippen MR) is 120 cm³/mol. The molecule has 0 spiro atoms. The normalized spacial score (nSPS) is 11.4. The number of rotatable bonds is 5. The zero-order chi connectivity index (χ0) is 22.2. The molecule has 0 N–H and O–H groups in total. The van der Waals surface area contributed by atoms with Crippen molar-refractivity contribution in [1.29, 1.82) is 0 Å². The summed E-state index contributed by atoms with van der Waals surface area (Å²) in [7, 11) is 1.93. The van der Waals surface area contributed by atoms with Gasteiger partial charge >= 0.3 is 0 Å². The van der Waals surface area contributed by atoms with Crippen LogP contribution in [0.5, 0.6) is 0 Å². The second kappa shape index (κ2) is 7.96. The number of halogens is 1. The van der Waals surface area contributed by atoms with E-state index in [9.17, 15) is 4.39 Å². The van der Waals surface area contributed by atoms with Gasteiger partial charge in [0.15, 0.2) is 5.82 Å². The van der Waals surface area contributed by atoms with Crippen LogP contribution in [0.25, 0.3) is 28.1 Å². The molecule has 5 aromatic rings. The molecule has 8 heteroatoms. The summed E-state index contributed by atoms with van der Waals surface area (Å²) in [4.78, 5) is 13.4. The van der Waals surface area contributed by atoms with Gasteiger partial charge in [-0.15, -0.1) is 0 Å². The van der Waals surface area contributed by atoms with Crippen molar-refractivity contribution in [1.82, 2.24) is 34.5 Å². The Morgan fingerprint density at radius 2 is 1.81 bits per heavy atom. The lowest BCUT2D eigenvalue weighted by atomic mass is 10.0. The first-order valence-electron chi connectivity index (χ1n) is 10.5. The highest BCUT2D eigenvalue weighted by atomic mass is 19.1. The molecule has 0 amide bonds. The summed E-state index contributed by atoms with van der Waals surface area (Å²) in [5, 5.41) is 9.35. The highest BCUT2D eigenvalue weighted by Gasteiger charge is 2.18. The molecule has 0 fully saturated rings. The van der Waals surface area contributed by atoms with Crippen LogP contribution >= 0.6 is 0 Å². The molecule has 0 atom stereocenters. The fourth-order valence-electron chi connectivity index (χ4n) is 4.08. The van der Waals surface area contributed by atoms with E-state index in [4.69, 9.17) is 5.10 Å². The van der Waals surface area contributed by atoms with Crippen molar-refractivity contribution in [3.63, 3.8) is 0 Å². The standard InChI is InChI=1S/C24H22FN7/c1-4-19-21(31(3)30-24(19)16-7-9-17(25)10-8-16)12-18-13-22(28-14-27-18)32-20-6-5-11-26-23(20)15(2)29-32/h5-11,13-14H,4,12H2,1-3H3. The number of aromatic nitrogens is 7. The number of pyridine rings is 1. The Balaban J connectivity index is 1.53. The van der Waals surface area contributed by atoms with E-state index < -0.39 is 0 Å². The van der Waals surface area contributed by atoms with Gasteiger partial charge in [-0.2, -0.15) is 10.2 Å². The van der Waals surface area contributed by atoms with Crippen molar-refractivity contribution in [2.24, 2.45) is 7.05 Å². The van der Waals surface area contributed by atoms with Gasteiger partial charge in [0.25, 0.3) is 0 Å². The Hall–Kier alpha value is -3.94. The molecular formula is C24H22FN7. The van der Waals surface area contributed by atoms with E-state index in [0.29, 0.717) is 12.2 Å². The van der Waals surface area contributed by atoms with Crippen LogP contribution in [0.1, 0.15) is 29.6 Å². The summed E-state index contributed by atoms with van der Waals surface area (Å²) in [5.74, 6) is 0.438. The molecule has 4 heterocycles. The SMILES string of the molecule is CCc1c(-c2ccc(F)cc2)nn(C)c1Cc1cc(-n2nc(C)c3ncccc32)ncn1. The number of hydrogen-bond donors (Lipinski definition) is 0. The Morgan fingerprint density at radius 3 is 2.59 bits per heavy atom. The summed E-state index contributed by atoms with van der Waals surface area (Å²) < 4.78 is 17.1. The number of hydrogen-bond acceptors (Lipinski definition) is 5. The molecule has 32 heavy (non-hydrogen) atoms. The summed E-state index contributed by atoms with van der Waals surface area (Å²) in [5.41, 5.74) is 7.45. The zero-order valence-electron chi connectivity index (χ0n) is 18.1. The summed E-state index contributed by atoms with van der Waals surface area (Å²) in [6, 6.07) is 12.3. The molecule has 0 bridgehead atoms. The molecule has 1 aromatic carbocycles. The third-order valence-electron chi connectivity index (χ3n) is 5.63. The van der Waals surface area contributed by atoms with Crippen LogP contribution in [0.15, 0.2) is 55.0 Å². The Morgan fingerprint density at radius 1 is 1.00 bits per heavy atom. The lowest BCUT2D eigenvalue weighted by molar-refractivity contribution is 0.628. The highest BCUT2D eigenvalue weighted by molar-refractivity contribution is 5.78. The summed E-state index contributed by atoms with van der Waals surface area (Å²) in [6.45, 7) is 4.04. The number of fused-ring (bicyclic) bond motifs is 1. The van der Waals surface area contributed by atoms with Crippen LogP contribution in [0, 0.1) is 12.7 Å². The zero-order valence-corrected chi connectivity index (χ0v) is 18.1. The average molecular weight is 427 g/mol. The van der Waals surface area contributed by atoms with Gasteiger partial charge in [-0.1, -0.05) is 6.92 Å². The molecule has 0 aliphatic rings. The van der Waals surface area contributed by atoms with Gasteiger partial charge in [-0.05, 0) is 49.7 Å². The van der Waals surface area contributed by atoms with Gasteiger partial charge < -0.3 is 0 Å².